The molecule has 2 aliphatic carbocycles. The van der Waals surface area contributed by atoms with Crippen LogP contribution in [0.15, 0.2) is 4.99 Å². The molecule has 20 heavy (non-hydrogen) atoms. The standard InChI is InChI=1S/C16H29N3S/c1-3-14-11-19(9-10-20-14)15(17-4-2)18-12-16(7-8-16)13-5-6-13/h13-14H,3-12H2,1-2H3,(H,17,18). The van der Waals surface area contributed by atoms with Crippen LogP contribution in [0, 0.1) is 11.3 Å². The topological polar surface area (TPSA) is 27.6 Å². The normalized spacial score (nSPS) is 29.4. The second-order valence-corrected chi connectivity index (χ2v) is 8.06. The van der Waals surface area contributed by atoms with Gasteiger partial charge >= 0.3 is 0 Å². The molecule has 3 fully saturated rings. The molecule has 1 aliphatic heterocycles. The Labute approximate surface area is 128 Å². The van der Waals surface area contributed by atoms with Gasteiger partial charge in [-0.05, 0) is 50.4 Å². The summed E-state index contributed by atoms with van der Waals surface area (Å²) in [5.74, 6) is 3.43. The molecule has 1 atom stereocenters. The van der Waals surface area contributed by atoms with E-state index in [9.17, 15) is 0 Å². The third-order valence-corrected chi connectivity index (χ3v) is 6.48. The van der Waals surface area contributed by atoms with E-state index in [1.54, 1.807) is 0 Å². The lowest BCUT2D eigenvalue weighted by molar-refractivity contribution is 0.399. The molecular weight excluding hydrogens is 266 g/mol. The maximum absolute atomic E-state index is 5.02. The van der Waals surface area contributed by atoms with Gasteiger partial charge in [-0.3, -0.25) is 4.99 Å². The molecule has 3 aliphatic rings. The largest absolute Gasteiger partial charge is 0.357 e. The summed E-state index contributed by atoms with van der Waals surface area (Å²) in [5.41, 5.74) is 0.620. The zero-order chi connectivity index (χ0) is 14.0. The quantitative estimate of drug-likeness (QED) is 0.624. The molecule has 3 nitrogen and oxygen atoms in total. The smallest absolute Gasteiger partial charge is 0.193 e. The Bertz CT molecular complexity index is 361. The van der Waals surface area contributed by atoms with Gasteiger partial charge in [0.1, 0.15) is 0 Å². The number of hydrogen-bond donors (Lipinski definition) is 1. The van der Waals surface area contributed by atoms with Crippen molar-refractivity contribution in [1.29, 1.82) is 0 Å². The average Bonchev–Trinajstić information content (AvgIpc) is 3.36. The summed E-state index contributed by atoms with van der Waals surface area (Å²) in [7, 11) is 0. The molecule has 3 rings (SSSR count). The van der Waals surface area contributed by atoms with E-state index in [2.05, 4.69) is 35.8 Å². The zero-order valence-corrected chi connectivity index (χ0v) is 13.8. The van der Waals surface area contributed by atoms with Gasteiger partial charge in [0, 0.05) is 37.2 Å². The second kappa shape index (κ2) is 6.17. The van der Waals surface area contributed by atoms with Gasteiger partial charge in [0.15, 0.2) is 5.96 Å². The minimum atomic E-state index is 0.620. The summed E-state index contributed by atoms with van der Waals surface area (Å²) in [5, 5.41) is 4.31. The lowest BCUT2D eigenvalue weighted by Gasteiger charge is -2.34. The SMILES string of the molecule is CCNC(=NCC1(C2CC2)CC1)N1CCSC(CC)C1. The number of aliphatic imine (C=N–C) groups is 1. The van der Waals surface area contributed by atoms with Crippen LogP contribution in [-0.2, 0) is 0 Å². The molecule has 114 valence electrons. The van der Waals surface area contributed by atoms with Crippen LogP contribution in [0.25, 0.3) is 0 Å². The van der Waals surface area contributed by atoms with Crippen LogP contribution in [0.4, 0.5) is 0 Å². The first kappa shape index (κ1) is 14.6. The molecule has 4 heteroatoms. The summed E-state index contributed by atoms with van der Waals surface area (Å²) in [6, 6.07) is 0. The van der Waals surface area contributed by atoms with Gasteiger partial charge in [-0.15, -0.1) is 0 Å². The van der Waals surface area contributed by atoms with E-state index in [0.29, 0.717) is 5.41 Å². The fraction of sp³-hybridized carbons (Fsp3) is 0.938. The highest BCUT2D eigenvalue weighted by molar-refractivity contribution is 8.00. The number of thioether (sulfide) groups is 1. The highest BCUT2D eigenvalue weighted by atomic mass is 32.2. The van der Waals surface area contributed by atoms with E-state index in [4.69, 9.17) is 4.99 Å². The summed E-state index contributed by atoms with van der Waals surface area (Å²) >= 11 is 2.13. The molecule has 0 radical (unpaired) electrons. The van der Waals surface area contributed by atoms with Crippen molar-refractivity contribution in [3.05, 3.63) is 0 Å². The first-order chi connectivity index (χ1) is 9.77. The Morgan fingerprint density at radius 1 is 1.35 bits per heavy atom. The van der Waals surface area contributed by atoms with Crippen LogP contribution in [0.5, 0.6) is 0 Å². The second-order valence-electron chi connectivity index (χ2n) is 6.65. The maximum Gasteiger partial charge on any atom is 0.193 e. The summed E-state index contributed by atoms with van der Waals surface area (Å²) in [4.78, 5) is 7.52. The maximum atomic E-state index is 5.02. The fourth-order valence-corrected chi connectivity index (χ4v) is 4.55. The lowest BCUT2D eigenvalue weighted by Crippen LogP contribution is -2.48. The first-order valence-electron chi connectivity index (χ1n) is 8.42. The number of hydrogen-bond acceptors (Lipinski definition) is 2. The number of nitrogens with one attached hydrogen (secondary N) is 1. The molecule has 1 N–H and O–H groups in total. The van der Waals surface area contributed by atoms with E-state index in [0.717, 1.165) is 30.8 Å². The first-order valence-corrected chi connectivity index (χ1v) is 9.47. The van der Waals surface area contributed by atoms with Crippen molar-refractivity contribution in [2.24, 2.45) is 16.3 Å². The van der Waals surface area contributed by atoms with E-state index in [1.165, 1.54) is 50.4 Å². The van der Waals surface area contributed by atoms with Crippen molar-refractivity contribution in [3.63, 3.8) is 0 Å². The molecule has 0 aromatic rings. The van der Waals surface area contributed by atoms with Crippen molar-refractivity contribution >= 4 is 17.7 Å². The minimum absolute atomic E-state index is 0.620. The third kappa shape index (κ3) is 3.26. The third-order valence-electron chi connectivity index (χ3n) is 5.11. The van der Waals surface area contributed by atoms with Crippen LogP contribution in [0.3, 0.4) is 0 Å². The number of rotatable bonds is 5. The minimum Gasteiger partial charge on any atom is -0.357 e. The number of nitrogens with zero attached hydrogens (tertiary/aromatic N) is 2. The van der Waals surface area contributed by atoms with Crippen LogP contribution < -0.4 is 5.32 Å². The zero-order valence-electron chi connectivity index (χ0n) is 13.0. The van der Waals surface area contributed by atoms with Crippen LogP contribution in [0.1, 0.15) is 46.0 Å². The van der Waals surface area contributed by atoms with E-state index < -0.39 is 0 Å². The molecule has 1 heterocycles. The molecular formula is C16H29N3S. The number of guanidine groups is 1. The van der Waals surface area contributed by atoms with Gasteiger partial charge in [0.25, 0.3) is 0 Å². The molecule has 0 aromatic carbocycles. The monoisotopic (exact) mass is 295 g/mol. The molecule has 1 unspecified atom stereocenters. The van der Waals surface area contributed by atoms with Crippen molar-refractivity contribution in [3.8, 4) is 0 Å². The molecule has 1 saturated heterocycles. The van der Waals surface area contributed by atoms with Gasteiger partial charge in [-0.25, -0.2) is 0 Å². The Hall–Kier alpha value is -0.380. The van der Waals surface area contributed by atoms with Crippen molar-refractivity contribution in [1.82, 2.24) is 10.2 Å². The molecule has 2 saturated carbocycles. The Morgan fingerprint density at radius 3 is 2.75 bits per heavy atom. The Kier molecular flexibility index (Phi) is 4.49. The highest BCUT2D eigenvalue weighted by Gasteiger charge is 2.53. The summed E-state index contributed by atoms with van der Waals surface area (Å²) in [6.07, 6.45) is 7.04. The van der Waals surface area contributed by atoms with E-state index >= 15 is 0 Å². The van der Waals surface area contributed by atoms with Gasteiger partial charge in [0.05, 0.1) is 0 Å². The molecule has 0 amide bonds. The molecule has 0 spiro atoms. The Balaban J connectivity index is 1.61. The average molecular weight is 295 g/mol. The Morgan fingerprint density at radius 2 is 2.15 bits per heavy atom. The van der Waals surface area contributed by atoms with E-state index in [1.807, 2.05) is 0 Å². The van der Waals surface area contributed by atoms with Crippen LogP contribution in [0.2, 0.25) is 0 Å². The van der Waals surface area contributed by atoms with Crippen molar-refractivity contribution in [2.75, 3.05) is 31.9 Å². The van der Waals surface area contributed by atoms with Gasteiger partial charge in [-0.1, -0.05) is 6.92 Å². The predicted molar refractivity (Wildman–Crippen MR) is 88.5 cm³/mol. The summed E-state index contributed by atoms with van der Waals surface area (Å²) < 4.78 is 0. The van der Waals surface area contributed by atoms with Gasteiger partial charge in [-0.2, -0.15) is 11.8 Å². The van der Waals surface area contributed by atoms with Crippen molar-refractivity contribution < 1.29 is 0 Å². The fourth-order valence-electron chi connectivity index (χ4n) is 3.37. The lowest BCUT2D eigenvalue weighted by atomic mass is 10.0. The van der Waals surface area contributed by atoms with E-state index in [-0.39, 0.29) is 0 Å². The highest BCUT2D eigenvalue weighted by Crippen LogP contribution is 2.61. The molecule has 0 aromatic heterocycles. The molecule has 0 bridgehead atoms. The van der Waals surface area contributed by atoms with Crippen LogP contribution >= 0.6 is 11.8 Å². The van der Waals surface area contributed by atoms with Crippen molar-refractivity contribution in [2.45, 2.75) is 51.2 Å². The van der Waals surface area contributed by atoms with Gasteiger partial charge in [0.2, 0.25) is 0 Å². The predicted octanol–water partition coefficient (Wildman–Crippen LogP) is 2.97. The van der Waals surface area contributed by atoms with Crippen LogP contribution in [-0.4, -0.2) is 48.0 Å². The van der Waals surface area contributed by atoms with Gasteiger partial charge < -0.3 is 10.2 Å². The summed E-state index contributed by atoms with van der Waals surface area (Å²) in [6.45, 7) is 8.86.